The number of aliphatic hydroxyl groups is 1. The predicted octanol–water partition coefficient (Wildman–Crippen LogP) is 1.04. The van der Waals surface area contributed by atoms with Crippen LogP contribution in [-0.4, -0.2) is 40.1 Å². The van der Waals surface area contributed by atoms with Gasteiger partial charge in [0.2, 0.25) is 0 Å². The quantitative estimate of drug-likeness (QED) is 0.835. The lowest BCUT2D eigenvalue weighted by atomic mass is 10.1. The molecule has 0 atom stereocenters. The summed E-state index contributed by atoms with van der Waals surface area (Å²) in [5.74, 6) is 0.279. The van der Waals surface area contributed by atoms with Crippen LogP contribution in [0.3, 0.4) is 0 Å². The van der Waals surface area contributed by atoms with Gasteiger partial charge in [0.15, 0.2) is 0 Å². The van der Waals surface area contributed by atoms with Crippen LogP contribution in [-0.2, 0) is 0 Å². The maximum Gasteiger partial charge on any atom is 0.254 e. The molecule has 0 bridgehead atoms. The highest BCUT2D eigenvalue weighted by Crippen LogP contribution is 2.24. The molecular formula is C13H19N3O2. The van der Waals surface area contributed by atoms with Crippen molar-refractivity contribution in [3.63, 3.8) is 0 Å². The van der Waals surface area contributed by atoms with E-state index in [4.69, 9.17) is 10.8 Å². The molecule has 5 heteroatoms. The van der Waals surface area contributed by atoms with E-state index in [0.717, 1.165) is 25.7 Å². The number of nitrogen functional groups attached to an aromatic ring is 1. The van der Waals surface area contributed by atoms with E-state index in [1.807, 2.05) is 0 Å². The summed E-state index contributed by atoms with van der Waals surface area (Å²) in [4.78, 5) is 18.1. The first-order chi connectivity index (χ1) is 8.72. The minimum Gasteiger partial charge on any atom is -0.395 e. The van der Waals surface area contributed by atoms with E-state index in [0.29, 0.717) is 17.9 Å². The standard InChI is InChI=1S/C13H19N3O2/c14-12-9-10(5-6-15-12)13(18)16(7-8-17)11-3-1-2-4-11/h5-6,9,11,17H,1-4,7-8H2,(H2,14,15). The van der Waals surface area contributed by atoms with Crippen LogP contribution in [0.2, 0.25) is 0 Å². The Kier molecular flexibility index (Phi) is 4.15. The van der Waals surface area contributed by atoms with E-state index in [1.54, 1.807) is 17.0 Å². The van der Waals surface area contributed by atoms with Gasteiger partial charge in [0.1, 0.15) is 5.82 Å². The number of aromatic nitrogens is 1. The molecular weight excluding hydrogens is 230 g/mol. The van der Waals surface area contributed by atoms with Crippen molar-refractivity contribution in [3.8, 4) is 0 Å². The van der Waals surface area contributed by atoms with Crippen molar-refractivity contribution in [1.82, 2.24) is 9.88 Å². The summed E-state index contributed by atoms with van der Waals surface area (Å²) in [5.41, 5.74) is 6.14. The van der Waals surface area contributed by atoms with Crippen molar-refractivity contribution < 1.29 is 9.90 Å². The van der Waals surface area contributed by atoms with Crippen LogP contribution >= 0.6 is 0 Å². The van der Waals surface area contributed by atoms with Crippen molar-refractivity contribution in [2.75, 3.05) is 18.9 Å². The van der Waals surface area contributed by atoms with Crippen LogP contribution in [0.25, 0.3) is 0 Å². The summed E-state index contributed by atoms with van der Waals surface area (Å²) in [7, 11) is 0. The van der Waals surface area contributed by atoms with Crippen molar-refractivity contribution >= 4 is 11.7 Å². The molecule has 18 heavy (non-hydrogen) atoms. The molecule has 1 fully saturated rings. The summed E-state index contributed by atoms with van der Waals surface area (Å²) in [6, 6.07) is 3.50. The van der Waals surface area contributed by atoms with Crippen LogP contribution in [0, 0.1) is 0 Å². The number of nitrogens with zero attached hydrogens (tertiary/aromatic N) is 2. The monoisotopic (exact) mass is 249 g/mol. The zero-order valence-corrected chi connectivity index (χ0v) is 10.4. The van der Waals surface area contributed by atoms with Gasteiger partial charge >= 0.3 is 0 Å². The molecule has 2 rings (SSSR count). The van der Waals surface area contributed by atoms with E-state index in [9.17, 15) is 4.79 Å². The molecule has 1 aromatic heterocycles. The minimum absolute atomic E-state index is 0.0111. The summed E-state index contributed by atoms with van der Waals surface area (Å²) in [6.07, 6.45) is 5.88. The zero-order valence-electron chi connectivity index (χ0n) is 10.4. The number of hydrogen-bond acceptors (Lipinski definition) is 4. The number of rotatable bonds is 4. The summed E-state index contributed by atoms with van der Waals surface area (Å²) in [5, 5.41) is 9.12. The van der Waals surface area contributed by atoms with E-state index in [2.05, 4.69) is 4.98 Å². The van der Waals surface area contributed by atoms with Gasteiger partial charge in [-0.05, 0) is 25.0 Å². The average Bonchev–Trinajstić information content (AvgIpc) is 2.89. The Balaban J connectivity index is 2.17. The first kappa shape index (κ1) is 12.8. The molecule has 3 N–H and O–H groups in total. The summed E-state index contributed by atoms with van der Waals surface area (Å²) >= 11 is 0. The average molecular weight is 249 g/mol. The van der Waals surface area contributed by atoms with Crippen LogP contribution in [0.15, 0.2) is 18.3 Å². The van der Waals surface area contributed by atoms with Crippen LogP contribution in [0.5, 0.6) is 0 Å². The topological polar surface area (TPSA) is 79.5 Å². The number of amides is 1. The largest absolute Gasteiger partial charge is 0.395 e. The second-order valence-corrected chi connectivity index (χ2v) is 4.63. The smallest absolute Gasteiger partial charge is 0.254 e. The molecule has 0 radical (unpaired) electrons. The fraction of sp³-hybridized carbons (Fsp3) is 0.538. The number of anilines is 1. The summed E-state index contributed by atoms with van der Waals surface area (Å²) < 4.78 is 0. The van der Waals surface area contributed by atoms with Gasteiger partial charge in [-0.3, -0.25) is 4.79 Å². The lowest BCUT2D eigenvalue weighted by Gasteiger charge is -2.28. The van der Waals surface area contributed by atoms with Gasteiger partial charge < -0.3 is 15.7 Å². The van der Waals surface area contributed by atoms with E-state index in [1.165, 1.54) is 6.20 Å². The second-order valence-electron chi connectivity index (χ2n) is 4.63. The lowest BCUT2D eigenvalue weighted by Crippen LogP contribution is -2.40. The van der Waals surface area contributed by atoms with E-state index >= 15 is 0 Å². The molecule has 0 aliphatic heterocycles. The lowest BCUT2D eigenvalue weighted by molar-refractivity contribution is 0.0638. The Labute approximate surface area is 107 Å². The van der Waals surface area contributed by atoms with Crippen LogP contribution in [0.4, 0.5) is 5.82 Å². The van der Waals surface area contributed by atoms with Gasteiger partial charge in [0, 0.05) is 24.3 Å². The molecule has 1 saturated carbocycles. The number of carbonyl (C=O) groups is 1. The number of carbonyl (C=O) groups excluding carboxylic acids is 1. The van der Waals surface area contributed by atoms with Gasteiger partial charge in [0.25, 0.3) is 5.91 Å². The van der Waals surface area contributed by atoms with Crippen LogP contribution in [0.1, 0.15) is 36.0 Å². The molecule has 0 aromatic carbocycles. The Bertz CT molecular complexity index is 416. The number of pyridine rings is 1. The van der Waals surface area contributed by atoms with E-state index < -0.39 is 0 Å². The SMILES string of the molecule is Nc1cc(C(=O)N(CCO)C2CCCC2)ccn1. The third kappa shape index (κ3) is 2.79. The van der Waals surface area contributed by atoms with Gasteiger partial charge in [-0.1, -0.05) is 12.8 Å². The van der Waals surface area contributed by atoms with Gasteiger partial charge in [-0.2, -0.15) is 0 Å². The Morgan fingerprint density at radius 2 is 2.22 bits per heavy atom. The maximum atomic E-state index is 12.4. The Hall–Kier alpha value is -1.62. The van der Waals surface area contributed by atoms with E-state index in [-0.39, 0.29) is 18.6 Å². The highest BCUT2D eigenvalue weighted by Gasteiger charge is 2.26. The highest BCUT2D eigenvalue weighted by molar-refractivity contribution is 5.95. The predicted molar refractivity (Wildman–Crippen MR) is 69.0 cm³/mol. The minimum atomic E-state index is -0.0648. The van der Waals surface area contributed by atoms with Crippen molar-refractivity contribution in [1.29, 1.82) is 0 Å². The Morgan fingerprint density at radius 1 is 1.50 bits per heavy atom. The fourth-order valence-corrected chi connectivity index (χ4v) is 2.52. The van der Waals surface area contributed by atoms with Crippen molar-refractivity contribution in [2.24, 2.45) is 0 Å². The zero-order chi connectivity index (χ0) is 13.0. The number of nitrogens with two attached hydrogens (primary N) is 1. The third-order valence-corrected chi connectivity index (χ3v) is 3.40. The normalized spacial score (nSPS) is 15.8. The molecule has 0 saturated heterocycles. The first-order valence-electron chi connectivity index (χ1n) is 6.35. The van der Waals surface area contributed by atoms with Gasteiger partial charge in [0.05, 0.1) is 6.61 Å². The van der Waals surface area contributed by atoms with Gasteiger partial charge in [-0.25, -0.2) is 4.98 Å². The Morgan fingerprint density at radius 3 is 2.83 bits per heavy atom. The molecule has 98 valence electrons. The molecule has 5 nitrogen and oxygen atoms in total. The summed E-state index contributed by atoms with van der Waals surface area (Å²) in [6.45, 7) is 0.370. The second kappa shape index (κ2) is 5.82. The van der Waals surface area contributed by atoms with Crippen molar-refractivity contribution in [3.05, 3.63) is 23.9 Å². The molecule has 1 heterocycles. The molecule has 1 aromatic rings. The molecule has 1 aliphatic rings. The fourth-order valence-electron chi connectivity index (χ4n) is 2.52. The third-order valence-electron chi connectivity index (χ3n) is 3.40. The molecule has 1 aliphatic carbocycles. The maximum absolute atomic E-state index is 12.4. The first-order valence-corrected chi connectivity index (χ1v) is 6.35. The van der Waals surface area contributed by atoms with Crippen molar-refractivity contribution in [2.45, 2.75) is 31.7 Å². The highest BCUT2D eigenvalue weighted by atomic mass is 16.3. The number of aliphatic hydroxyl groups excluding tert-OH is 1. The molecule has 1 amide bonds. The number of hydrogen-bond donors (Lipinski definition) is 2. The van der Waals surface area contributed by atoms with Gasteiger partial charge in [-0.15, -0.1) is 0 Å². The van der Waals surface area contributed by atoms with Crippen LogP contribution < -0.4 is 5.73 Å². The molecule has 0 spiro atoms. The molecule has 0 unspecified atom stereocenters.